The summed E-state index contributed by atoms with van der Waals surface area (Å²) in [6, 6.07) is 6.88. The maximum absolute atomic E-state index is 12.0. The molecular formula is C17H16FeO2S+2. The second kappa shape index (κ2) is 8.97. The van der Waals surface area contributed by atoms with Crippen LogP contribution in [0.1, 0.15) is 5.56 Å². The topological polar surface area (TPSA) is 34.1 Å². The zero-order valence-electron chi connectivity index (χ0n) is 11.6. The van der Waals surface area contributed by atoms with Crippen LogP contribution in [0.5, 0.6) is 0 Å². The van der Waals surface area contributed by atoms with Crippen molar-refractivity contribution >= 4 is 9.84 Å². The Balaban J connectivity index is 0.000000313. The third-order valence-electron chi connectivity index (χ3n) is 2.83. The van der Waals surface area contributed by atoms with Gasteiger partial charge in [-0.2, -0.15) is 0 Å². The molecule has 0 spiro atoms. The van der Waals surface area contributed by atoms with E-state index in [0.29, 0.717) is 10.1 Å². The average molecular weight is 340 g/mol. The van der Waals surface area contributed by atoms with Crippen molar-refractivity contribution in [3.63, 3.8) is 0 Å². The molecule has 2 aliphatic rings. The SMILES string of the molecule is Cc1ccc(S(=O)(=O)[C]2[CH][CH][CH][CH]2)cc1.[CH]1[CH][CH][CH][CH]1.[Fe+2]. The molecule has 21 heavy (non-hydrogen) atoms. The zero-order valence-corrected chi connectivity index (χ0v) is 13.5. The van der Waals surface area contributed by atoms with Gasteiger partial charge in [0.05, 0.1) is 4.90 Å². The molecule has 0 heterocycles. The molecule has 0 saturated heterocycles. The van der Waals surface area contributed by atoms with Crippen LogP contribution in [0.15, 0.2) is 29.2 Å². The molecule has 0 amide bonds. The van der Waals surface area contributed by atoms with Gasteiger partial charge >= 0.3 is 17.1 Å². The second-order valence-electron chi connectivity index (χ2n) is 4.40. The number of benzene rings is 1. The Morgan fingerprint density at radius 1 is 0.714 bits per heavy atom. The number of hydrogen-bond donors (Lipinski definition) is 0. The van der Waals surface area contributed by atoms with Crippen molar-refractivity contribution in [2.24, 2.45) is 0 Å². The molecule has 0 aromatic heterocycles. The van der Waals surface area contributed by atoms with Gasteiger partial charge in [0.25, 0.3) is 0 Å². The largest absolute Gasteiger partial charge is 2.00 e. The number of sulfone groups is 1. The standard InChI is InChI=1S/C12H11O2S.C5H5.Fe/c1-10-6-8-12(9-7-10)15(13,14)11-4-2-3-5-11;1-2-4-5-3-1;/h2-9H,1H3;1-5H;/q;;+2. The average Bonchev–Trinajstić information content (AvgIpc) is 3.16. The van der Waals surface area contributed by atoms with E-state index in [4.69, 9.17) is 0 Å². The maximum Gasteiger partial charge on any atom is 2.00 e. The van der Waals surface area contributed by atoms with E-state index >= 15 is 0 Å². The Labute approximate surface area is 140 Å². The van der Waals surface area contributed by atoms with E-state index < -0.39 is 9.84 Å². The van der Waals surface area contributed by atoms with E-state index in [9.17, 15) is 8.42 Å². The fourth-order valence-electron chi connectivity index (χ4n) is 1.71. The summed E-state index contributed by atoms with van der Waals surface area (Å²) in [6.45, 7) is 1.93. The Hall–Kier alpha value is -0.311. The fraction of sp³-hybridized carbons (Fsp3) is 0.0588. The zero-order chi connectivity index (χ0) is 14.4. The summed E-state index contributed by atoms with van der Waals surface area (Å²) in [5, 5.41) is 0.353. The van der Waals surface area contributed by atoms with E-state index in [1.165, 1.54) is 0 Å². The smallest absolute Gasteiger partial charge is 0.223 e. The van der Waals surface area contributed by atoms with Gasteiger partial charge < -0.3 is 0 Å². The van der Waals surface area contributed by atoms with E-state index in [1.807, 2.05) is 39.0 Å². The molecule has 0 unspecified atom stereocenters. The molecule has 1 aromatic carbocycles. The van der Waals surface area contributed by atoms with Crippen LogP contribution in [0, 0.1) is 70.0 Å². The van der Waals surface area contributed by atoms with Gasteiger partial charge in [0.1, 0.15) is 5.25 Å². The predicted octanol–water partition coefficient (Wildman–Crippen LogP) is 3.15. The van der Waals surface area contributed by atoms with Gasteiger partial charge in [-0.3, -0.25) is 0 Å². The molecule has 0 bridgehead atoms. The molecular weight excluding hydrogens is 324 g/mol. The Kier molecular flexibility index (Phi) is 8.00. The first-order valence-electron chi connectivity index (χ1n) is 6.31. The Morgan fingerprint density at radius 3 is 1.57 bits per heavy atom. The molecule has 2 saturated carbocycles. The summed E-state index contributed by atoms with van der Waals surface area (Å²) in [7, 11) is -3.31. The molecule has 4 heteroatoms. The molecule has 0 aliphatic heterocycles. The summed E-state index contributed by atoms with van der Waals surface area (Å²) >= 11 is 0. The molecule has 2 nitrogen and oxygen atoms in total. The van der Waals surface area contributed by atoms with Crippen LogP contribution in [-0.2, 0) is 26.9 Å². The molecule has 1 aromatic rings. The van der Waals surface area contributed by atoms with Gasteiger partial charge in [0, 0.05) is 0 Å². The summed E-state index contributed by atoms with van der Waals surface area (Å²) in [5.41, 5.74) is 1.05. The van der Waals surface area contributed by atoms with Gasteiger partial charge in [0.2, 0.25) is 0 Å². The minimum atomic E-state index is -3.31. The van der Waals surface area contributed by atoms with Crippen molar-refractivity contribution in [2.75, 3.05) is 0 Å². The number of aryl methyl sites for hydroxylation is 1. The summed E-state index contributed by atoms with van der Waals surface area (Å²) in [4.78, 5) is 0.347. The van der Waals surface area contributed by atoms with Gasteiger partial charge in [-0.1, -0.05) is 17.7 Å². The van der Waals surface area contributed by atoms with Crippen LogP contribution in [0.3, 0.4) is 0 Å². The number of hydrogen-bond acceptors (Lipinski definition) is 2. The summed E-state index contributed by atoms with van der Waals surface area (Å²) < 4.78 is 24.0. The fourth-order valence-corrected chi connectivity index (χ4v) is 2.99. The minimum Gasteiger partial charge on any atom is -0.223 e. The molecule has 3 rings (SSSR count). The van der Waals surface area contributed by atoms with E-state index in [0.717, 1.165) is 5.56 Å². The Bertz CT molecular complexity index is 490. The quantitative estimate of drug-likeness (QED) is 0.775. The predicted molar refractivity (Wildman–Crippen MR) is 80.3 cm³/mol. The third-order valence-corrected chi connectivity index (χ3v) is 4.61. The van der Waals surface area contributed by atoms with Crippen LogP contribution in [-0.4, -0.2) is 8.42 Å². The van der Waals surface area contributed by atoms with Crippen molar-refractivity contribution in [3.05, 3.63) is 92.9 Å². The molecule has 108 valence electrons. The Morgan fingerprint density at radius 2 is 1.14 bits per heavy atom. The maximum atomic E-state index is 12.0. The monoisotopic (exact) mass is 340 g/mol. The van der Waals surface area contributed by atoms with Gasteiger partial charge in [-0.25, -0.2) is 8.42 Å². The minimum absolute atomic E-state index is 0. The number of rotatable bonds is 2. The normalized spacial score (nSPS) is 18.7. The van der Waals surface area contributed by atoms with E-state index in [-0.39, 0.29) is 17.1 Å². The first-order valence-corrected chi connectivity index (χ1v) is 7.79. The molecule has 10 radical (unpaired) electrons. The molecule has 0 atom stereocenters. The van der Waals surface area contributed by atoms with Crippen molar-refractivity contribution in [1.29, 1.82) is 0 Å². The van der Waals surface area contributed by atoms with Gasteiger partial charge in [0.15, 0.2) is 9.84 Å². The molecule has 0 N–H and O–H groups in total. The first-order chi connectivity index (χ1) is 9.60. The van der Waals surface area contributed by atoms with Gasteiger partial charge in [-0.05, 0) is 76.8 Å². The van der Waals surface area contributed by atoms with Gasteiger partial charge in [-0.15, -0.1) is 0 Å². The second-order valence-corrected chi connectivity index (χ2v) is 6.35. The van der Waals surface area contributed by atoms with Crippen LogP contribution in [0.4, 0.5) is 0 Å². The first kappa shape index (κ1) is 18.7. The third kappa shape index (κ3) is 5.43. The van der Waals surface area contributed by atoms with Crippen LogP contribution < -0.4 is 0 Å². The van der Waals surface area contributed by atoms with Crippen molar-refractivity contribution in [2.45, 2.75) is 11.8 Å². The van der Waals surface area contributed by atoms with E-state index in [2.05, 4.69) is 0 Å². The van der Waals surface area contributed by atoms with Crippen molar-refractivity contribution < 1.29 is 25.5 Å². The summed E-state index contributed by atoms with van der Waals surface area (Å²) in [6.07, 6.45) is 16.7. The summed E-state index contributed by atoms with van der Waals surface area (Å²) in [5.74, 6) is 0. The van der Waals surface area contributed by atoms with Crippen molar-refractivity contribution in [1.82, 2.24) is 0 Å². The van der Waals surface area contributed by atoms with Crippen molar-refractivity contribution in [3.8, 4) is 0 Å². The van der Waals surface area contributed by atoms with Crippen LogP contribution >= 0.6 is 0 Å². The van der Waals surface area contributed by atoms with E-state index in [1.54, 1.807) is 49.9 Å². The van der Waals surface area contributed by atoms with Crippen LogP contribution in [0.2, 0.25) is 0 Å². The molecule has 2 aliphatic carbocycles. The van der Waals surface area contributed by atoms with Crippen LogP contribution in [0.25, 0.3) is 0 Å². The molecule has 2 fully saturated rings.